The summed E-state index contributed by atoms with van der Waals surface area (Å²) in [4.78, 5) is 21.3. The zero-order chi connectivity index (χ0) is 22.5. The first kappa shape index (κ1) is 22.5. The Labute approximate surface area is 183 Å². The van der Waals surface area contributed by atoms with Gasteiger partial charge in [0.1, 0.15) is 31.4 Å². The fourth-order valence-corrected chi connectivity index (χ4v) is 3.57. The standard InChI is InChI=1S/C21H26N4O7/c1-29-7-8-30-13-24-11-23-19-16(20(24)28)22-12-25(19)21-18(17(27)15(9-26)32-21)31-10-14-5-3-2-4-6-14/h2-6,11-12,15,17-18,21,26-27H,7-10,13H2,1H3/t15-,17-,18-,21-/m1/s1. The van der Waals surface area contributed by atoms with Crippen molar-refractivity contribution in [3.05, 3.63) is 58.9 Å². The summed E-state index contributed by atoms with van der Waals surface area (Å²) in [5.74, 6) is 0. The van der Waals surface area contributed by atoms with Crippen molar-refractivity contribution in [3.8, 4) is 0 Å². The molecule has 0 aliphatic carbocycles. The van der Waals surface area contributed by atoms with Gasteiger partial charge in [-0.2, -0.15) is 0 Å². The topological polar surface area (TPSA) is 130 Å². The molecule has 1 aliphatic heterocycles. The quantitative estimate of drug-likeness (QED) is 0.415. The molecule has 0 saturated carbocycles. The third-order valence-electron chi connectivity index (χ3n) is 5.26. The predicted molar refractivity (Wildman–Crippen MR) is 112 cm³/mol. The predicted octanol–water partition coefficient (Wildman–Crippen LogP) is 0.0495. The molecule has 3 aromatic rings. The molecule has 0 bridgehead atoms. The lowest BCUT2D eigenvalue weighted by atomic mass is 10.1. The van der Waals surface area contributed by atoms with Gasteiger partial charge >= 0.3 is 0 Å². The molecular formula is C21H26N4O7. The number of fused-ring (bicyclic) bond motifs is 1. The first-order valence-corrected chi connectivity index (χ1v) is 10.2. The van der Waals surface area contributed by atoms with E-state index in [1.165, 1.54) is 17.2 Å². The van der Waals surface area contributed by atoms with Crippen LogP contribution in [-0.4, -0.2) is 74.6 Å². The van der Waals surface area contributed by atoms with Crippen LogP contribution in [0.3, 0.4) is 0 Å². The van der Waals surface area contributed by atoms with Crippen LogP contribution in [-0.2, 0) is 32.3 Å². The summed E-state index contributed by atoms with van der Waals surface area (Å²) in [6.45, 7) is 0.635. The first-order chi connectivity index (χ1) is 15.6. The molecule has 1 saturated heterocycles. The van der Waals surface area contributed by atoms with Gasteiger partial charge in [0.25, 0.3) is 5.56 Å². The van der Waals surface area contributed by atoms with E-state index in [0.717, 1.165) is 5.56 Å². The minimum atomic E-state index is -1.07. The Balaban J connectivity index is 1.57. The Morgan fingerprint density at radius 1 is 1.16 bits per heavy atom. The molecule has 4 rings (SSSR count). The van der Waals surface area contributed by atoms with Crippen LogP contribution in [0.15, 0.2) is 47.8 Å². The Morgan fingerprint density at radius 2 is 1.97 bits per heavy atom. The van der Waals surface area contributed by atoms with Gasteiger partial charge in [-0.05, 0) is 5.56 Å². The van der Waals surface area contributed by atoms with Crippen molar-refractivity contribution in [2.45, 2.75) is 37.9 Å². The second kappa shape index (κ2) is 10.3. The summed E-state index contributed by atoms with van der Waals surface area (Å²) in [6, 6.07) is 9.51. The average Bonchev–Trinajstić information content (AvgIpc) is 3.38. The summed E-state index contributed by atoms with van der Waals surface area (Å²) in [7, 11) is 1.57. The highest BCUT2D eigenvalue weighted by Crippen LogP contribution is 2.33. The number of hydrogen-bond acceptors (Lipinski definition) is 9. The van der Waals surface area contributed by atoms with Gasteiger partial charge in [-0.15, -0.1) is 0 Å². The maximum atomic E-state index is 12.8. The van der Waals surface area contributed by atoms with Gasteiger partial charge in [0, 0.05) is 7.11 Å². The molecule has 3 heterocycles. The van der Waals surface area contributed by atoms with E-state index in [1.807, 2.05) is 30.3 Å². The molecule has 172 valence electrons. The van der Waals surface area contributed by atoms with E-state index in [-0.39, 0.29) is 36.7 Å². The van der Waals surface area contributed by atoms with E-state index < -0.39 is 24.5 Å². The van der Waals surface area contributed by atoms with Gasteiger partial charge in [-0.3, -0.25) is 13.9 Å². The van der Waals surface area contributed by atoms with Gasteiger partial charge in [0.2, 0.25) is 0 Å². The van der Waals surface area contributed by atoms with Crippen LogP contribution in [0.4, 0.5) is 0 Å². The number of ether oxygens (including phenoxy) is 4. The fraction of sp³-hybridized carbons (Fsp3) is 0.476. The second-order valence-corrected chi connectivity index (χ2v) is 7.37. The van der Waals surface area contributed by atoms with Crippen molar-refractivity contribution in [3.63, 3.8) is 0 Å². The van der Waals surface area contributed by atoms with Gasteiger partial charge in [-0.25, -0.2) is 9.97 Å². The third kappa shape index (κ3) is 4.58. The molecule has 4 atom stereocenters. The molecule has 2 aromatic heterocycles. The van der Waals surface area contributed by atoms with Crippen LogP contribution in [0.5, 0.6) is 0 Å². The number of rotatable bonds is 10. The molecule has 32 heavy (non-hydrogen) atoms. The highest BCUT2D eigenvalue weighted by molar-refractivity contribution is 5.69. The average molecular weight is 446 g/mol. The molecule has 11 heteroatoms. The lowest BCUT2D eigenvalue weighted by Gasteiger charge is -2.22. The smallest absolute Gasteiger partial charge is 0.283 e. The Hall–Kier alpha value is -2.67. The zero-order valence-corrected chi connectivity index (χ0v) is 17.6. The fourth-order valence-electron chi connectivity index (χ4n) is 3.57. The van der Waals surface area contributed by atoms with Crippen molar-refractivity contribution in [1.29, 1.82) is 0 Å². The van der Waals surface area contributed by atoms with Crippen molar-refractivity contribution in [2.75, 3.05) is 26.9 Å². The number of methoxy groups -OCH3 is 1. The molecule has 0 amide bonds. The van der Waals surface area contributed by atoms with E-state index in [2.05, 4.69) is 9.97 Å². The Kier molecular flexibility index (Phi) is 7.25. The summed E-state index contributed by atoms with van der Waals surface area (Å²) in [5.41, 5.74) is 0.975. The molecule has 1 aliphatic rings. The molecule has 2 N–H and O–H groups in total. The Morgan fingerprint density at radius 3 is 2.72 bits per heavy atom. The Bertz CT molecular complexity index is 1070. The first-order valence-electron chi connectivity index (χ1n) is 10.2. The number of aromatic nitrogens is 4. The van der Waals surface area contributed by atoms with Crippen molar-refractivity contribution >= 4 is 11.2 Å². The second-order valence-electron chi connectivity index (χ2n) is 7.37. The number of nitrogens with zero attached hydrogens (tertiary/aromatic N) is 4. The van der Waals surface area contributed by atoms with Crippen LogP contribution in [0.1, 0.15) is 11.8 Å². The molecule has 1 aromatic carbocycles. The lowest BCUT2D eigenvalue weighted by molar-refractivity contribution is -0.0761. The van der Waals surface area contributed by atoms with E-state index in [1.54, 1.807) is 11.7 Å². The molecule has 0 spiro atoms. The van der Waals surface area contributed by atoms with Crippen LogP contribution < -0.4 is 5.56 Å². The van der Waals surface area contributed by atoms with Crippen LogP contribution in [0.2, 0.25) is 0 Å². The molecule has 11 nitrogen and oxygen atoms in total. The van der Waals surface area contributed by atoms with Crippen molar-refractivity contribution in [1.82, 2.24) is 19.1 Å². The molecule has 1 fully saturated rings. The normalized spacial score (nSPS) is 23.2. The number of aliphatic hydroxyl groups excluding tert-OH is 2. The summed E-state index contributed by atoms with van der Waals surface area (Å²) in [6.07, 6.45) is -0.744. The summed E-state index contributed by atoms with van der Waals surface area (Å²) < 4.78 is 25.0. The monoisotopic (exact) mass is 446 g/mol. The maximum absolute atomic E-state index is 12.8. The molecule has 0 unspecified atom stereocenters. The maximum Gasteiger partial charge on any atom is 0.283 e. The highest BCUT2D eigenvalue weighted by Gasteiger charge is 2.46. The van der Waals surface area contributed by atoms with Crippen LogP contribution in [0.25, 0.3) is 11.2 Å². The summed E-state index contributed by atoms with van der Waals surface area (Å²) >= 11 is 0. The SMILES string of the molecule is COCCOCn1cnc2c(ncn2[C@@H]2O[C@H](CO)[C@@H](O)[C@H]2OCc2ccccc2)c1=O. The van der Waals surface area contributed by atoms with E-state index in [9.17, 15) is 15.0 Å². The minimum absolute atomic E-state index is 0.0199. The zero-order valence-electron chi connectivity index (χ0n) is 17.6. The number of hydrogen-bond donors (Lipinski definition) is 2. The van der Waals surface area contributed by atoms with Gasteiger partial charge in [0.05, 0.1) is 32.8 Å². The van der Waals surface area contributed by atoms with Gasteiger partial charge in [0.15, 0.2) is 17.4 Å². The van der Waals surface area contributed by atoms with Crippen LogP contribution in [0, 0.1) is 0 Å². The van der Waals surface area contributed by atoms with E-state index >= 15 is 0 Å². The van der Waals surface area contributed by atoms with Crippen molar-refractivity contribution in [2.24, 2.45) is 0 Å². The van der Waals surface area contributed by atoms with E-state index in [0.29, 0.717) is 13.2 Å². The number of imidazole rings is 1. The molecular weight excluding hydrogens is 420 g/mol. The lowest BCUT2D eigenvalue weighted by Crippen LogP contribution is -2.35. The molecule has 0 radical (unpaired) electrons. The van der Waals surface area contributed by atoms with E-state index in [4.69, 9.17) is 18.9 Å². The largest absolute Gasteiger partial charge is 0.394 e. The minimum Gasteiger partial charge on any atom is -0.394 e. The number of aliphatic hydroxyl groups is 2. The van der Waals surface area contributed by atoms with Gasteiger partial charge < -0.3 is 29.2 Å². The summed E-state index contributed by atoms with van der Waals surface area (Å²) in [5, 5.41) is 20.3. The number of benzene rings is 1. The third-order valence-corrected chi connectivity index (χ3v) is 5.26. The van der Waals surface area contributed by atoms with Crippen LogP contribution >= 0.6 is 0 Å². The highest BCUT2D eigenvalue weighted by atomic mass is 16.6. The van der Waals surface area contributed by atoms with Crippen molar-refractivity contribution < 1.29 is 29.2 Å². The van der Waals surface area contributed by atoms with Gasteiger partial charge in [-0.1, -0.05) is 30.3 Å².